The number of nitro benzene ring substituents is 1. The average Bonchev–Trinajstić information content (AvgIpc) is 3.07. The van der Waals surface area contributed by atoms with Gasteiger partial charge >= 0.3 is 0 Å². The fraction of sp³-hybridized carbons (Fsp3) is 0.0714. The fourth-order valence-electron chi connectivity index (χ4n) is 3.87. The maximum atomic E-state index is 11.1. The molecule has 5 rings (SSSR count). The predicted molar refractivity (Wildman–Crippen MR) is 139 cm³/mol. The van der Waals surface area contributed by atoms with E-state index in [2.05, 4.69) is 23.5 Å². The minimum Gasteiger partial charge on any atom is -0.497 e. The number of benzene rings is 4. The number of nitro groups is 1. The second kappa shape index (κ2) is 9.95. The van der Waals surface area contributed by atoms with Crippen LogP contribution in [0.4, 0.5) is 11.4 Å². The molecule has 0 amide bonds. The highest BCUT2D eigenvalue weighted by Crippen LogP contribution is 2.49. The molecule has 1 aliphatic rings. The van der Waals surface area contributed by atoms with E-state index in [-0.39, 0.29) is 10.9 Å². The Morgan fingerprint density at radius 3 is 2.17 bits per heavy atom. The predicted octanol–water partition coefficient (Wildman–Crippen LogP) is 7.31. The first kappa shape index (κ1) is 22.6. The van der Waals surface area contributed by atoms with E-state index in [4.69, 9.17) is 9.47 Å². The van der Waals surface area contributed by atoms with Gasteiger partial charge in [-0.25, -0.2) is 0 Å². The molecule has 7 heteroatoms. The molecule has 0 bridgehead atoms. The number of fused-ring (bicyclic) bond motifs is 1. The van der Waals surface area contributed by atoms with Crippen LogP contribution in [0.3, 0.4) is 0 Å². The number of ether oxygens (including phenoxy) is 2. The highest BCUT2D eigenvalue weighted by atomic mass is 32.2. The number of thioether (sulfide) groups is 1. The summed E-state index contributed by atoms with van der Waals surface area (Å²) in [4.78, 5) is 11.8. The van der Waals surface area contributed by atoms with Crippen molar-refractivity contribution in [3.63, 3.8) is 0 Å². The lowest BCUT2D eigenvalue weighted by molar-refractivity contribution is -0.384. The van der Waals surface area contributed by atoms with Crippen LogP contribution in [0.5, 0.6) is 11.5 Å². The molecule has 0 aromatic heterocycles. The molecule has 0 aliphatic carbocycles. The zero-order chi connectivity index (χ0) is 24.2. The molecule has 0 saturated heterocycles. The van der Waals surface area contributed by atoms with E-state index < -0.39 is 4.92 Å². The minimum absolute atomic E-state index is 0.0158. The van der Waals surface area contributed by atoms with E-state index in [0.717, 1.165) is 33.2 Å². The van der Waals surface area contributed by atoms with Crippen LogP contribution in [-0.4, -0.2) is 12.0 Å². The van der Waals surface area contributed by atoms with E-state index in [1.165, 1.54) is 12.1 Å². The molecule has 4 aromatic rings. The molecule has 35 heavy (non-hydrogen) atoms. The van der Waals surface area contributed by atoms with E-state index in [0.29, 0.717) is 11.5 Å². The molecule has 174 valence electrons. The SMILES string of the molecule is COc1ccc(C2=C(Oc3ccc([N+](=O)[O-])cc3)C(c3ccccc3)Sc3ccccc3N2)cc1. The van der Waals surface area contributed by atoms with E-state index in [1.54, 1.807) is 31.0 Å². The molecule has 1 N–H and O–H groups in total. The van der Waals surface area contributed by atoms with Crippen molar-refractivity contribution in [2.45, 2.75) is 10.1 Å². The highest BCUT2D eigenvalue weighted by molar-refractivity contribution is 8.00. The fourth-order valence-corrected chi connectivity index (χ4v) is 5.09. The third-order valence-corrected chi connectivity index (χ3v) is 6.96. The van der Waals surface area contributed by atoms with Crippen molar-refractivity contribution in [2.75, 3.05) is 12.4 Å². The third-order valence-electron chi connectivity index (χ3n) is 5.63. The number of methoxy groups -OCH3 is 1. The molecule has 0 saturated carbocycles. The summed E-state index contributed by atoms with van der Waals surface area (Å²) in [6.45, 7) is 0. The molecule has 4 aromatic carbocycles. The minimum atomic E-state index is -0.418. The monoisotopic (exact) mass is 482 g/mol. The van der Waals surface area contributed by atoms with Crippen molar-refractivity contribution in [1.29, 1.82) is 0 Å². The van der Waals surface area contributed by atoms with Gasteiger partial charge in [0.05, 0.1) is 28.7 Å². The zero-order valence-corrected chi connectivity index (χ0v) is 19.7. The van der Waals surface area contributed by atoms with Crippen LogP contribution in [-0.2, 0) is 0 Å². The topological polar surface area (TPSA) is 73.6 Å². The van der Waals surface area contributed by atoms with Crippen LogP contribution in [0.1, 0.15) is 16.4 Å². The lowest BCUT2D eigenvalue weighted by Crippen LogP contribution is -2.11. The average molecular weight is 483 g/mol. The zero-order valence-electron chi connectivity index (χ0n) is 18.9. The van der Waals surface area contributed by atoms with Gasteiger partial charge in [0, 0.05) is 22.6 Å². The van der Waals surface area contributed by atoms with Gasteiger partial charge in [-0.3, -0.25) is 10.1 Å². The highest BCUT2D eigenvalue weighted by Gasteiger charge is 2.29. The maximum Gasteiger partial charge on any atom is 0.269 e. The first-order valence-electron chi connectivity index (χ1n) is 11.0. The van der Waals surface area contributed by atoms with Crippen LogP contribution < -0.4 is 14.8 Å². The van der Waals surface area contributed by atoms with Crippen LogP contribution in [0.25, 0.3) is 5.70 Å². The second-order valence-corrected chi connectivity index (χ2v) is 9.00. The molecule has 0 radical (unpaired) electrons. The first-order chi connectivity index (χ1) is 17.1. The molecular weight excluding hydrogens is 460 g/mol. The Hall–Kier alpha value is -4.23. The molecule has 6 nitrogen and oxygen atoms in total. The Labute approximate surface area is 207 Å². The largest absolute Gasteiger partial charge is 0.497 e. The molecule has 1 atom stereocenters. The quantitative estimate of drug-likeness (QED) is 0.229. The summed E-state index contributed by atoms with van der Waals surface area (Å²) in [7, 11) is 1.64. The lowest BCUT2D eigenvalue weighted by Gasteiger charge is -2.22. The van der Waals surface area contributed by atoms with Gasteiger partial charge in [-0.05, 0) is 54.1 Å². The van der Waals surface area contributed by atoms with Gasteiger partial charge < -0.3 is 14.8 Å². The third kappa shape index (κ3) is 4.85. The van der Waals surface area contributed by atoms with Crippen molar-refractivity contribution < 1.29 is 14.4 Å². The van der Waals surface area contributed by atoms with Gasteiger partial charge in [0.25, 0.3) is 5.69 Å². The number of anilines is 1. The van der Waals surface area contributed by atoms with Crippen molar-refractivity contribution in [3.05, 3.63) is 130 Å². The summed E-state index contributed by atoms with van der Waals surface area (Å²) in [5.74, 6) is 1.98. The summed E-state index contributed by atoms with van der Waals surface area (Å²) in [6, 6.07) is 32.3. The summed E-state index contributed by atoms with van der Waals surface area (Å²) in [5.41, 5.74) is 3.82. The maximum absolute atomic E-state index is 11.1. The number of para-hydroxylation sites is 1. The molecule has 1 aliphatic heterocycles. The second-order valence-electron chi connectivity index (χ2n) is 7.85. The van der Waals surface area contributed by atoms with Crippen molar-refractivity contribution in [2.24, 2.45) is 0 Å². The molecule has 1 unspecified atom stereocenters. The molecule has 1 heterocycles. The van der Waals surface area contributed by atoms with Crippen molar-refractivity contribution in [1.82, 2.24) is 0 Å². The number of non-ortho nitro benzene ring substituents is 1. The molecule has 0 fully saturated rings. The van der Waals surface area contributed by atoms with Gasteiger partial charge in [0.15, 0.2) is 0 Å². The van der Waals surface area contributed by atoms with E-state index >= 15 is 0 Å². The number of hydrogen-bond acceptors (Lipinski definition) is 6. The number of hydrogen-bond donors (Lipinski definition) is 1. The summed E-state index contributed by atoms with van der Waals surface area (Å²) < 4.78 is 11.9. The molecule has 0 spiro atoms. The van der Waals surface area contributed by atoms with Crippen LogP contribution in [0, 0.1) is 10.1 Å². The Balaban J connectivity index is 1.68. The Morgan fingerprint density at radius 1 is 0.829 bits per heavy atom. The van der Waals surface area contributed by atoms with Gasteiger partial charge in [0.1, 0.15) is 17.3 Å². The number of nitrogens with zero attached hydrogens (tertiary/aromatic N) is 1. The van der Waals surface area contributed by atoms with Crippen LogP contribution in [0.2, 0.25) is 0 Å². The van der Waals surface area contributed by atoms with E-state index in [1.807, 2.05) is 60.7 Å². The summed E-state index contributed by atoms with van der Waals surface area (Å²) in [5, 5.41) is 14.6. The standard InChI is InChI=1S/C28H22N2O4S/c1-33-22-15-11-19(12-16-22)26-27(34-23-17-13-21(14-18-23)30(31)32)28(20-7-3-2-4-8-20)35-25-10-6-5-9-24(25)29-26/h2-18,28-29H,1H3. The Bertz CT molecular complexity index is 1370. The first-order valence-corrected chi connectivity index (χ1v) is 11.9. The molecular formula is C28H22N2O4S. The van der Waals surface area contributed by atoms with Crippen LogP contribution in [0.15, 0.2) is 114 Å². The van der Waals surface area contributed by atoms with Gasteiger partial charge in [0.2, 0.25) is 0 Å². The van der Waals surface area contributed by atoms with Gasteiger partial charge in [-0.2, -0.15) is 0 Å². The Morgan fingerprint density at radius 2 is 1.49 bits per heavy atom. The normalized spacial score (nSPS) is 14.9. The summed E-state index contributed by atoms with van der Waals surface area (Å²) >= 11 is 1.69. The van der Waals surface area contributed by atoms with Crippen molar-refractivity contribution in [3.8, 4) is 11.5 Å². The summed E-state index contributed by atoms with van der Waals surface area (Å²) in [6.07, 6.45) is 0. The van der Waals surface area contributed by atoms with Crippen molar-refractivity contribution >= 4 is 28.8 Å². The number of rotatable bonds is 6. The van der Waals surface area contributed by atoms with Gasteiger partial charge in [-0.1, -0.05) is 42.5 Å². The van der Waals surface area contributed by atoms with E-state index in [9.17, 15) is 10.1 Å². The Kier molecular flexibility index (Phi) is 6.41. The lowest BCUT2D eigenvalue weighted by atomic mass is 10.0. The van der Waals surface area contributed by atoms with Crippen LogP contribution >= 0.6 is 11.8 Å². The smallest absolute Gasteiger partial charge is 0.269 e. The van der Waals surface area contributed by atoms with Gasteiger partial charge in [-0.15, -0.1) is 11.8 Å². The number of nitrogens with one attached hydrogen (secondary N) is 1.